The summed E-state index contributed by atoms with van der Waals surface area (Å²) < 4.78 is 38.9. The average molecular weight is 661 g/mol. The van der Waals surface area contributed by atoms with Gasteiger partial charge in [0.1, 0.15) is 54.9 Å². The van der Waals surface area contributed by atoms with E-state index in [-0.39, 0.29) is 23.5 Å². The molecule has 3 fully saturated rings. The molecule has 0 amide bonds. The number of methoxy groups -OCH3 is 1. The van der Waals surface area contributed by atoms with E-state index in [9.17, 15) is 50.8 Å². The molecule has 0 aromatic heterocycles. The second kappa shape index (κ2) is 13.8. The van der Waals surface area contributed by atoms with Gasteiger partial charge in [0.25, 0.3) is 0 Å². The SMILES string of the molecule is COc1cc(C(=O)OC2CC(C)(O)C3C(OC4OC(CO)C(O)C(O)C4O)OC=CC23)ccc1OC1OC(CO)C(O)C(O)C1O. The molecule has 46 heavy (non-hydrogen) atoms. The van der Waals surface area contributed by atoms with Crippen molar-refractivity contribution in [2.45, 2.75) is 92.8 Å². The predicted molar refractivity (Wildman–Crippen MR) is 148 cm³/mol. The maximum atomic E-state index is 13.3. The lowest BCUT2D eigenvalue weighted by Crippen LogP contribution is -2.60. The number of carbonyl (C=O) groups is 1. The zero-order valence-electron chi connectivity index (χ0n) is 24.9. The molecule has 15 atom stereocenters. The monoisotopic (exact) mass is 660 g/mol. The van der Waals surface area contributed by atoms with Gasteiger partial charge in [-0.1, -0.05) is 0 Å². The third kappa shape index (κ3) is 6.55. The lowest BCUT2D eigenvalue weighted by atomic mass is 9.85. The van der Waals surface area contributed by atoms with Crippen LogP contribution in [0, 0.1) is 11.8 Å². The summed E-state index contributed by atoms with van der Waals surface area (Å²) >= 11 is 0. The van der Waals surface area contributed by atoms with E-state index in [0.29, 0.717) is 0 Å². The molecule has 258 valence electrons. The highest BCUT2D eigenvalue weighted by Crippen LogP contribution is 2.48. The largest absolute Gasteiger partial charge is 0.493 e. The van der Waals surface area contributed by atoms with Crippen LogP contribution in [-0.4, -0.2) is 152 Å². The minimum Gasteiger partial charge on any atom is -0.493 e. The molecule has 17 nitrogen and oxygen atoms in total. The van der Waals surface area contributed by atoms with Crippen molar-refractivity contribution < 1.29 is 83.9 Å². The first-order chi connectivity index (χ1) is 21.8. The lowest BCUT2D eigenvalue weighted by molar-refractivity contribution is -0.346. The molecule has 1 aromatic carbocycles. The third-order valence-electron chi connectivity index (χ3n) is 8.85. The smallest absolute Gasteiger partial charge is 0.338 e. The first-order valence-corrected chi connectivity index (χ1v) is 14.7. The Balaban J connectivity index is 1.27. The van der Waals surface area contributed by atoms with Gasteiger partial charge in [-0.25, -0.2) is 4.79 Å². The summed E-state index contributed by atoms with van der Waals surface area (Å²) in [7, 11) is 1.30. The highest BCUT2D eigenvalue weighted by atomic mass is 16.8. The van der Waals surface area contributed by atoms with E-state index in [1.54, 1.807) is 6.08 Å². The predicted octanol–water partition coefficient (Wildman–Crippen LogP) is -3.53. The van der Waals surface area contributed by atoms with E-state index < -0.39 is 110 Å². The van der Waals surface area contributed by atoms with E-state index >= 15 is 0 Å². The van der Waals surface area contributed by atoms with Crippen LogP contribution in [0.15, 0.2) is 30.5 Å². The van der Waals surface area contributed by atoms with Crippen LogP contribution in [0.5, 0.6) is 11.5 Å². The quantitative estimate of drug-likeness (QED) is 0.116. The first-order valence-electron chi connectivity index (χ1n) is 14.7. The number of carbonyl (C=O) groups excluding carboxylic acids is 1. The summed E-state index contributed by atoms with van der Waals surface area (Å²) in [5.41, 5.74) is -1.48. The second-order valence-electron chi connectivity index (χ2n) is 12.0. The number of ether oxygens (including phenoxy) is 7. The van der Waals surface area contributed by atoms with Crippen molar-refractivity contribution in [3.8, 4) is 11.5 Å². The number of aliphatic hydroxyl groups is 9. The van der Waals surface area contributed by atoms with Crippen LogP contribution in [0.4, 0.5) is 0 Å². The molecule has 1 aromatic rings. The van der Waals surface area contributed by atoms with Crippen molar-refractivity contribution >= 4 is 5.97 Å². The third-order valence-corrected chi connectivity index (χ3v) is 8.85. The Bertz CT molecular complexity index is 1240. The molecule has 17 heteroatoms. The number of benzene rings is 1. The highest BCUT2D eigenvalue weighted by Gasteiger charge is 2.58. The molecule has 0 bridgehead atoms. The molecule has 0 radical (unpaired) electrons. The number of esters is 1. The minimum atomic E-state index is -1.70. The molecule has 3 aliphatic heterocycles. The van der Waals surface area contributed by atoms with Gasteiger partial charge in [0, 0.05) is 12.3 Å². The van der Waals surface area contributed by atoms with Gasteiger partial charge in [-0.2, -0.15) is 0 Å². The summed E-state index contributed by atoms with van der Waals surface area (Å²) in [5, 5.41) is 91.2. The molecule has 3 heterocycles. The fourth-order valence-corrected chi connectivity index (χ4v) is 6.28. The summed E-state index contributed by atoms with van der Waals surface area (Å²) in [6.45, 7) is 0.188. The van der Waals surface area contributed by atoms with Crippen LogP contribution in [0.3, 0.4) is 0 Å². The van der Waals surface area contributed by atoms with Crippen LogP contribution in [0.25, 0.3) is 0 Å². The Morgan fingerprint density at radius 1 is 0.870 bits per heavy atom. The van der Waals surface area contributed by atoms with Gasteiger partial charge in [0.05, 0.1) is 43.7 Å². The zero-order valence-corrected chi connectivity index (χ0v) is 24.9. The van der Waals surface area contributed by atoms with Crippen LogP contribution in [0.1, 0.15) is 23.7 Å². The number of aliphatic hydroxyl groups excluding tert-OH is 8. The average Bonchev–Trinajstić information content (AvgIpc) is 3.31. The van der Waals surface area contributed by atoms with E-state index in [1.165, 1.54) is 38.5 Å². The Kier molecular flexibility index (Phi) is 10.4. The van der Waals surface area contributed by atoms with Gasteiger partial charge in [-0.15, -0.1) is 0 Å². The topological polar surface area (TPSA) is 264 Å². The van der Waals surface area contributed by atoms with E-state index in [1.807, 2.05) is 0 Å². The van der Waals surface area contributed by atoms with Gasteiger partial charge < -0.3 is 79.1 Å². The van der Waals surface area contributed by atoms with Crippen LogP contribution < -0.4 is 9.47 Å². The standard InChI is InChI=1S/C29H40O17/c1-29(39)8-15(12-5-6-41-26(18(12)29)46-28-24(37)22(35)20(33)17(10-31)45-28)42-25(38)11-3-4-13(14(7-11)40-2)43-27-23(36)21(34)19(32)16(9-30)44-27/h3-7,12,15-24,26-28,30-37,39H,8-10H2,1-2H3. The van der Waals surface area contributed by atoms with Gasteiger partial charge in [0.2, 0.25) is 12.6 Å². The lowest BCUT2D eigenvalue weighted by Gasteiger charge is -2.43. The summed E-state index contributed by atoms with van der Waals surface area (Å²) in [6, 6.07) is 3.99. The van der Waals surface area contributed by atoms with Gasteiger partial charge in [-0.3, -0.25) is 0 Å². The normalized spacial score (nSPS) is 43.8. The maximum absolute atomic E-state index is 13.3. The molecule has 5 rings (SSSR count). The van der Waals surface area contributed by atoms with Crippen LogP contribution in [0.2, 0.25) is 0 Å². The van der Waals surface area contributed by atoms with Crippen molar-refractivity contribution in [1.82, 2.24) is 0 Å². The number of hydrogen-bond acceptors (Lipinski definition) is 17. The van der Waals surface area contributed by atoms with Crippen molar-refractivity contribution in [3.63, 3.8) is 0 Å². The summed E-state index contributed by atoms with van der Waals surface area (Å²) in [4.78, 5) is 13.3. The van der Waals surface area contributed by atoms with Crippen molar-refractivity contribution in [3.05, 3.63) is 36.1 Å². The summed E-state index contributed by atoms with van der Waals surface area (Å²) in [6.07, 6.45) is -14.6. The van der Waals surface area contributed by atoms with Gasteiger partial charge in [-0.05, 0) is 31.2 Å². The van der Waals surface area contributed by atoms with E-state index in [4.69, 9.17) is 33.2 Å². The molecule has 9 N–H and O–H groups in total. The van der Waals surface area contributed by atoms with Crippen molar-refractivity contribution in [2.24, 2.45) is 11.8 Å². The van der Waals surface area contributed by atoms with E-state index in [0.717, 1.165) is 0 Å². The zero-order chi connectivity index (χ0) is 33.5. The molecule has 4 aliphatic rings. The first kappa shape index (κ1) is 34.7. The van der Waals surface area contributed by atoms with Crippen LogP contribution >= 0.6 is 0 Å². The molecular weight excluding hydrogens is 620 g/mol. The number of hydrogen-bond donors (Lipinski definition) is 9. The molecule has 1 saturated carbocycles. The molecular formula is C29H40O17. The highest BCUT2D eigenvalue weighted by molar-refractivity contribution is 5.90. The van der Waals surface area contributed by atoms with Crippen molar-refractivity contribution in [2.75, 3.05) is 20.3 Å². The van der Waals surface area contributed by atoms with Gasteiger partial charge in [0.15, 0.2) is 17.8 Å². The molecule has 0 spiro atoms. The van der Waals surface area contributed by atoms with Gasteiger partial charge >= 0.3 is 5.97 Å². The Morgan fingerprint density at radius 2 is 1.48 bits per heavy atom. The van der Waals surface area contributed by atoms with Crippen molar-refractivity contribution in [1.29, 1.82) is 0 Å². The molecule has 2 saturated heterocycles. The Morgan fingerprint density at radius 3 is 2.09 bits per heavy atom. The van der Waals surface area contributed by atoms with Crippen LogP contribution in [-0.2, 0) is 23.7 Å². The number of rotatable bonds is 9. The molecule has 1 aliphatic carbocycles. The fraction of sp³-hybridized carbons (Fsp3) is 0.690. The fourth-order valence-electron chi connectivity index (χ4n) is 6.28. The molecule has 15 unspecified atom stereocenters. The number of fused-ring (bicyclic) bond motifs is 1. The maximum Gasteiger partial charge on any atom is 0.338 e. The summed E-state index contributed by atoms with van der Waals surface area (Å²) in [5.74, 6) is -2.22. The minimum absolute atomic E-state index is 0.00721. The second-order valence-corrected chi connectivity index (χ2v) is 12.0. The Labute approximate surface area is 262 Å². The van der Waals surface area contributed by atoms with E-state index in [2.05, 4.69) is 0 Å². The Hall–Kier alpha value is -2.65.